The molecule has 0 aromatic heterocycles. The van der Waals surface area contributed by atoms with Gasteiger partial charge in [-0.3, -0.25) is 4.99 Å². The number of piperidine rings is 1. The highest BCUT2D eigenvalue weighted by Gasteiger charge is 2.23. The molecule has 2 saturated heterocycles. The number of likely N-dealkylation sites (tertiary alicyclic amines) is 1. The van der Waals surface area contributed by atoms with Crippen LogP contribution >= 0.6 is 0 Å². The Labute approximate surface area is 188 Å². The first-order chi connectivity index (χ1) is 15.3. The first-order valence-electron chi connectivity index (χ1n) is 12.2. The predicted octanol–water partition coefficient (Wildman–Crippen LogP) is 4.03. The van der Waals surface area contributed by atoms with Gasteiger partial charge < -0.3 is 24.4 Å². The molecule has 6 heteroatoms. The summed E-state index contributed by atoms with van der Waals surface area (Å²) in [7, 11) is 1.87. The number of hydrogen-bond donors (Lipinski definition) is 1. The van der Waals surface area contributed by atoms with Crippen molar-refractivity contribution in [2.75, 3.05) is 46.5 Å². The lowest BCUT2D eigenvalue weighted by Gasteiger charge is -2.35. The van der Waals surface area contributed by atoms with Crippen LogP contribution in [0.3, 0.4) is 0 Å². The predicted molar refractivity (Wildman–Crippen MR) is 126 cm³/mol. The van der Waals surface area contributed by atoms with Gasteiger partial charge in [0.1, 0.15) is 5.75 Å². The minimum absolute atomic E-state index is 0.304. The number of aliphatic imine (C=N–C) groups is 1. The Bertz CT molecular complexity index is 636. The largest absolute Gasteiger partial charge is 0.494 e. The molecule has 1 unspecified atom stereocenters. The summed E-state index contributed by atoms with van der Waals surface area (Å²) >= 11 is 0. The second kappa shape index (κ2) is 13.6. The van der Waals surface area contributed by atoms with Crippen LogP contribution in [0.2, 0.25) is 0 Å². The summed E-state index contributed by atoms with van der Waals surface area (Å²) in [6, 6.07) is 8.46. The highest BCUT2D eigenvalue weighted by molar-refractivity contribution is 5.79. The van der Waals surface area contributed by atoms with E-state index >= 15 is 0 Å². The van der Waals surface area contributed by atoms with Crippen molar-refractivity contribution in [1.82, 2.24) is 10.2 Å². The molecule has 2 fully saturated rings. The second-order valence-electron chi connectivity index (χ2n) is 8.58. The van der Waals surface area contributed by atoms with E-state index in [1.54, 1.807) is 0 Å². The molecule has 1 atom stereocenters. The van der Waals surface area contributed by atoms with Crippen molar-refractivity contribution >= 4 is 5.96 Å². The Morgan fingerprint density at radius 2 is 1.97 bits per heavy atom. The molecule has 1 aromatic carbocycles. The van der Waals surface area contributed by atoms with E-state index in [1.807, 2.05) is 7.05 Å². The zero-order chi connectivity index (χ0) is 21.7. The monoisotopic (exact) mass is 431 g/mol. The number of hydrogen-bond acceptors (Lipinski definition) is 4. The number of nitrogens with one attached hydrogen (secondary N) is 1. The molecule has 3 rings (SSSR count). The summed E-state index contributed by atoms with van der Waals surface area (Å²) in [5, 5.41) is 3.53. The van der Waals surface area contributed by atoms with Crippen LogP contribution in [-0.4, -0.2) is 69.6 Å². The van der Waals surface area contributed by atoms with E-state index in [4.69, 9.17) is 14.2 Å². The maximum atomic E-state index is 6.14. The Kier molecular flexibility index (Phi) is 10.5. The molecule has 2 aliphatic rings. The molecule has 31 heavy (non-hydrogen) atoms. The average Bonchev–Trinajstić information content (AvgIpc) is 2.83. The van der Waals surface area contributed by atoms with Gasteiger partial charge in [0.2, 0.25) is 0 Å². The van der Waals surface area contributed by atoms with Crippen LogP contribution in [0.15, 0.2) is 29.3 Å². The van der Waals surface area contributed by atoms with Gasteiger partial charge >= 0.3 is 0 Å². The zero-order valence-corrected chi connectivity index (χ0v) is 19.5. The third-order valence-corrected chi connectivity index (χ3v) is 6.13. The van der Waals surface area contributed by atoms with Gasteiger partial charge in [-0.25, -0.2) is 0 Å². The molecule has 1 N–H and O–H groups in total. The number of guanidine groups is 1. The Morgan fingerprint density at radius 1 is 1.16 bits per heavy atom. The smallest absolute Gasteiger partial charge is 0.193 e. The zero-order valence-electron chi connectivity index (χ0n) is 19.5. The SMILES string of the molecule is CCCCOc1ccc(CCNC(=NC)N2CCC(OCC3CCCCO3)CC2)cc1. The van der Waals surface area contributed by atoms with Crippen molar-refractivity contribution in [3.63, 3.8) is 0 Å². The lowest BCUT2D eigenvalue weighted by molar-refractivity contribution is -0.0721. The lowest BCUT2D eigenvalue weighted by Crippen LogP contribution is -2.47. The Morgan fingerprint density at radius 3 is 2.65 bits per heavy atom. The fraction of sp³-hybridized carbons (Fsp3) is 0.720. The van der Waals surface area contributed by atoms with Crippen LogP contribution < -0.4 is 10.1 Å². The maximum Gasteiger partial charge on any atom is 0.193 e. The molecular weight excluding hydrogens is 390 g/mol. The number of unbranched alkanes of at least 4 members (excludes halogenated alkanes) is 1. The van der Waals surface area contributed by atoms with Gasteiger partial charge in [-0.15, -0.1) is 0 Å². The molecule has 0 aliphatic carbocycles. The standard InChI is InChI=1S/C25H41N3O3/c1-3-4-18-29-22-10-8-21(9-11-22)12-15-27-25(26-2)28-16-13-23(14-17-28)31-20-24-7-5-6-19-30-24/h8-11,23-24H,3-7,12-20H2,1-2H3,(H,26,27). The van der Waals surface area contributed by atoms with Gasteiger partial charge in [-0.05, 0) is 62.6 Å². The van der Waals surface area contributed by atoms with Crippen molar-refractivity contribution in [1.29, 1.82) is 0 Å². The highest BCUT2D eigenvalue weighted by Crippen LogP contribution is 2.18. The van der Waals surface area contributed by atoms with E-state index < -0.39 is 0 Å². The lowest BCUT2D eigenvalue weighted by atomic mass is 10.1. The summed E-state index contributed by atoms with van der Waals surface area (Å²) < 4.78 is 17.7. The minimum atomic E-state index is 0.304. The number of ether oxygens (including phenoxy) is 3. The summed E-state index contributed by atoms with van der Waals surface area (Å²) in [5.41, 5.74) is 1.31. The molecule has 0 spiro atoms. The van der Waals surface area contributed by atoms with Gasteiger partial charge in [-0.1, -0.05) is 25.5 Å². The van der Waals surface area contributed by atoms with E-state index in [0.717, 1.165) is 89.7 Å². The molecular formula is C25H41N3O3. The van der Waals surface area contributed by atoms with E-state index in [-0.39, 0.29) is 0 Å². The van der Waals surface area contributed by atoms with Crippen molar-refractivity contribution in [2.45, 2.75) is 70.5 Å². The third-order valence-electron chi connectivity index (χ3n) is 6.13. The molecule has 1 aromatic rings. The molecule has 2 heterocycles. The van der Waals surface area contributed by atoms with Gasteiger partial charge in [0, 0.05) is 33.3 Å². The van der Waals surface area contributed by atoms with Gasteiger partial charge in [-0.2, -0.15) is 0 Å². The van der Waals surface area contributed by atoms with Crippen LogP contribution in [0.1, 0.15) is 57.4 Å². The van der Waals surface area contributed by atoms with Crippen LogP contribution in [0, 0.1) is 0 Å². The molecule has 2 aliphatic heterocycles. The van der Waals surface area contributed by atoms with Crippen molar-refractivity contribution in [3.8, 4) is 5.75 Å². The fourth-order valence-electron chi connectivity index (χ4n) is 4.15. The minimum Gasteiger partial charge on any atom is -0.494 e. The maximum absolute atomic E-state index is 6.14. The van der Waals surface area contributed by atoms with Crippen molar-refractivity contribution in [2.24, 2.45) is 4.99 Å². The molecule has 174 valence electrons. The van der Waals surface area contributed by atoms with Crippen LogP contribution in [-0.2, 0) is 15.9 Å². The summed E-state index contributed by atoms with van der Waals surface area (Å²) in [6.45, 7) is 7.46. The molecule has 0 radical (unpaired) electrons. The van der Waals surface area contributed by atoms with E-state index in [2.05, 4.69) is 46.4 Å². The molecule has 0 bridgehead atoms. The normalized spacial score (nSPS) is 20.6. The first kappa shape index (κ1) is 23.9. The first-order valence-corrected chi connectivity index (χ1v) is 12.2. The molecule has 0 saturated carbocycles. The van der Waals surface area contributed by atoms with E-state index in [0.29, 0.717) is 12.2 Å². The Balaban J connectivity index is 1.32. The van der Waals surface area contributed by atoms with Crippen LogP contribution in [0.25, 0.3) is 0 Å². The van der Waals surface area contributed by atoms with Crippen molar-refractivity contribution in [3.05, 3.63) is 29.8 Å². The third kappa shape index (κ3) is 8.34. The topological polar surface area (TPSA) is 55.3 Å². The summed E-state index contributed by atoms with van der Waals surface area (Å²) in [5.74, 6) is 1.95. The number of nitrogens with zero attached hydrogens (tertiary/aromatic N) is 2. The van der Waals surface area contributed by atoms with Gasteiger partial charge in [0.15, 0.2) is 5.96 Å². The second-order valence-corrected chi connectivity index (χ2v) is 8.58. The van der Waals surface area contributed by atoms with E-state index in [1.165, 1.54) is 18.4 Å². The molecule has 6 nitrogen and oxygen atoms in total. The summed E-state index contributed by atoms with van der Waals surface area (Å²) in [6.07, 6.45) is 9.58. The number of rotatable bonds is 10. The van der Waals surface area contributed by atoms with Gasteiger partial charge in [0.25, 0.3) is 0 Å². The van der Waals surface area contributed by atoms with Gasteiger partial charge in [0.05, 0.1) is 25.4 Å². The quantitative estimate of drug-likeness (QED) is 0.344. The summed E-state index contributed by atoms with van der Waals surface area (Å²) in [4.78, 5) is 6.84. The van der Waals surface area contributed by atoms with Crippen molar-refractivity contribution < 1.29 is 14.2 Å². The molecule has 0 amide bonds. The van der Waals surface area contributed by atoms with Crippen LogP contribution in [0.4, 0.5) is 0 Å². The highest BCUT2D eigenvalue weighted by atomic mass is 16.5. The Hall–Kier alpha value is -1.79. The average molecular weight is 432 g/mol. The number of benzene rings is 1. The van der Waals surface area contributed by atoms with Crippen LogP contribution in [0.5, 0.6) is 5.75 Å². The van der Waals surface area contributed by atoms with E-state index in [9.17, 15) is 0 Å². The fourth-order valence-corrected chi connectivity index (χ4v) is 4.15.